The van der Waals surface area contributed by atoms with Gasteiger partial charge in [0.2, 0.25) is 0 Å². The molecule has 1 aromatic rings. The second kappa shape index (κ2) is 6.13. The van der Waals surface area contributed by atoms with Crippen molar-refractivity contribution in [1.29, 1.82) is 0 Å². The van der Waals surface area contributed by atoms with E-state index in [0.29, 0.717) is 11.8 Å². The summed E-state index contributed by atoms with van der Waals surface area (Å²) in [5.41, 5.74) is 7.69. The molecule has 0 amide bonds. The predicted molar refractivity (Wildman–Crippen MR) is 65.3 cm³/mol. The van der Waals surface area contributed by atoms with Crippen molar-refractivity contribution in [2.45, 2.75) is 37.8 Å². The van der Waals surface area contributed by atoms with Gasteiger partial charge in [-0.15, -0.1) is 0 Å². The minimum absolute atomic E-state index is 0.174. The Balaban J connectivity index is 2.69. The molecule has 0 heterocycles. The van der Waals surface area contributed by atoms with Gasteiger partial charge in [0.25, 0.3) is 0 Å². The Labute approximate surface area is 95.2 Å². The summed E-state index contributed by atoms with van der Waals surface area (Å²) >= 11 is 1.85. The Kier molecular flexibility index (Phi) is 5.12. The van der Waals surface area contributed by atoms with Crippen molar-refractivity contribution < 1.29 is 4.39 Å². The van der Waals surface area contributed by atoms with Crippen LogP contribution in [0.2, 0.25) is 0 Å². The molecule has 15 heavy (non-hydrogen) atoms. The van der Waals surface area contributed by atoms with Crippen LogP contribution in [-0.4, -0.2) is 5.25 Å². The standard InChI is InChI=1S/C12H18FNS/c1-3-9(2)15-8-11-6-12(13)5-4-10(11)7-14/h4-6,9H,3,7-8,14H2,1-2H3. The molecule has 0 aliphatic carbocycles. The van der Waals surface area contributed by atoms with Gasteiger partial charge in [-0.2, -0.15) is 11.8 Å². The number of thioether (sulfide) groups is 1. The van der Waals surface area contributed by atoms with Crippen molar-refractivity contribution in [3.63, 3.8) is 0 Å². The molecule has 1 rings (SSSR count). The topological polar surface area (TPSA) is 26.0 Å². The van der Waals surface area contributed by atoms with Crippen molar-refractivity contribution >= 4 is 11.8 Å². The third-order valence-corrected chi connectivity index (χ3v) is 3.87. The van der Waals surface area contributed by atoms with E-state index >= 15 is 0 Å². The summed E-state index contributed by atoms with van der Waals surface area (Å²) in [5, 5.41) is 0.610. The minimum Gasteiger partial charge on any atom is -0.326 e. The highest BCUT2D eigenvalue weighted by Gasteiger charge is 2.05. The fraction of sp³-hybridized carbons (Fsp3) is 0.500. The third kappa shape index (κ3) is 3.84. The SMILES string of the molecule is CCC(C)SCc1cc(F)ccc1CN. The van der Waals surface area contributed by atoms with Gasteiger partial charge in [0.05, 0.1) is 0 Å². The van der Waals surface area contributed by atoms with Gasteiger partial charge in [0, 0.05) is 17.5 Å². The number of halogens is 1. The summed E-state index contributed by atoms with van der Waals surface area (Å²) < 4.78 is 13.0. The van der Waals surface area contributed by atoms with Gasteiger partial charge in [-0.1, -0.05) is 19.9 Å². The third-order valence-electron chi connectivity index (χ3n) is 2.49. The lowest BCUT2D eigenvalue weighted by molar-refractivity contribution is 0.625. The molecule has 1 aromatic carbocycles. The van der Waals surface area contributed by atoms with Gasteiger partial charge in [-0.25, -0.2) is 4.39 Å². The van der Waals surface area contributed by atoms with Crippen LogP contribution >= 0.6 is 11.8 Å². The van der Waals surface area contributed by atoms with Crippen molar-refractivity contribution in [2.75, 3.05) is 0 Å². The first kappa shape index (κ1) is 12.5. The van der Waals surface area contributed by atoms with Crippen LogP contribution in [0.4, 0.5) is 4.39 Å². The molecule has 0 aromatic heterocycles. The molecule has 0 aliphatic heterocycles. The van der Waals surface area contributed by atoms with E-state index in [0.717, 1.165) is 23.3 Å². The number of hydrogen-bond acceptors (Lipinski definition) is 2. The number of nitrogens with two attached hydrogens (primary N) is 1. The van der Waals surface area contributed by atoms with Crippen LogP contribution in [0.15, 0.2) is 18.2 Å². The van der Waals surface area contributed by atoms with Crippen LogP contribution in [0.1, 0.15) is 31.4 Å². The van der Waals surface area contributed by atoms with Gasteiger partial charge in [0.1, 0.15) is 5.82 Å². The first-order valence-electron chi connectivity index (χ1n) is 5.26. The van der Waals surface area contributed by atoms with E-state index in [1.807, 2.05) is 11.8 Å². The molecule has 1 unspecified atom stereocenters. The zero-order valence-corrected chi connectivity index (χ0v) is 10.1. The molecular weight excluding hydrogens is 209 g/mol. The van der Waals surface area contributed by atoms with Crippen LogP contribution in [0.3, 0.4) is 0 Å². The van der Waals surface area contributed by atoms with Crippen molar-refractivity contribution in [3.8, 4) is 0 Å². The Bertz CT molecular complexity index is 314. The molecule has 0 spiro atoms. The smallest absolute Gasteiger partial charge is 0.123 e. The van der Waals surface area contributed by atoms with E-state index in [-0.39, 0.29) is 5.82 Å². The van der Waals surface area contributed by atoms with Gasteiger partial charge in [-0.05, 0) is 29.7 Å². The zero-order chi connectivity index (χ0) is 11.3. The molecule has 1 nitrogen and oxygen atoms in total. The summed E-state index contributed by atoms with van der Waals surface area (Å²) in [4.78, 5) is 0. The quantitative estimate of drug-likeness (QED) is 0.835. The van der Waals surface area contributed by atoms with Crippen LogP contribution < -0.4 is 5.73 Å². The summed E-state index contributed by atoms with van der Waals surface area (Å²) in [6.07, 6.45) is 1.14. The number of hydrogen-bond donors (Lipinski definition) is 1. The van der Waals surface area contributed by atoms with Crippen molar-refractivity contribution in [3.05, 3.63) is 35.1 Å². The van der Waals surface area contributed by atoms with Crippen molar-refractivity contribution in [2.24, 2.45) is 5.73 Å². The molecule has 2 N–H and O–H groups in total. The van der Waals surface area contributed by atoms with Crippen LogP contribution in [0.25, 0.3) is 0 Å². The molecular formula is C12H18FNS. The van der Waals surface area contributed by atoms with E-state index in [2.05, 4.69) is 13.8 Å². The number of rotatable bonds is 5. The zero-order valence-electron chi connectivity index (χ0n) is 9.29. The Morgan fingerprint density at radius 1 is 1.40 bits per heavy atom. The van der Waals surface area contributed by atoms with Gasteiger partial charge < -0.3 is 5.73 Å². The monoisotopic (exact) mass is 227 g/mol. The highest BCUT2D eigenvalue weighted by molar-refractivity contribution is 7.99. The maximum Gasteiger partial charge on any atom is 0.123 e. The molecule has 1 atom stereocenters. The van der Waals surface area contributed by atoms with Gasteiger partial charge in [0.15, 0.2) is 0 Å². The second-order valence-corrected chi connectivity index (χ2v) is 5.07. The molecule has 84 valence electrons. The molecule has 0 saturated carbocycles. The normalized spacial score (nSPS) is 12.8. The van der Waals surface area contributed by atoms with Crippen LogP contribution in [0.5, 0.6) is 0 Å². The van der Waals surface area contributed by atoms with Gasteiger partial charge in [-0.3, -0.25) is 0 Å². The summed E-state index contributed by atoms with van der Waals surface area (Å²) in [6.45, 7) is 4.83. The largest absolute Gasteiger partial charge is 0.326 e. The first-order chi connectivity index (χ1) is 7.17. The fourth-order valence-corrected chi connectivity index (χ4v) is 2.25. The van der Waals surface area contributed by atoms with Crippen LogP contribution in [0, 0.1) is 5.82 Å². The number of benzene rings is 1. The first-order valence-corrected chi connectivity index (χ1v) is 6.31. The lowest BCUT2D eigenvalue weighted by Gasteiger charge is -2.11. The average molecular weight is 227 g/mol. The minimum atomic E-state index is -0.174. The Morgan fingerprint density at radius 2 is 2.13 bits per heavy atom. The Morgan fingerprint density at radius 3 is 2.73 bits per heavy atom. The summed E-state index contributed by atoms with van der Waals surface area (Å²) in [5.74, 6) is 0.672. The average Bonchev–Trinajstić information content (AvgIpc) is 2.26. The highest BCUT2D eigenvalue weighted by Crippen LogP contribution is 2.22. The van der Waals surface area contributed by atoms with Crippen LogP contribution in [-0.2, 0) is 12.3 Å². The maximum atomic E-state index is 13.0. The molecule has 0 saturated heterocycles. The second-order valence-electron chi connectivity index (χ2n) is 3.65. The van der Waals surface area contributed by atoms with E-state index in [9.17, 15) is 4.39 Å². The lowest BCUT2D eigenvalue weighted by Crippen LogP contribution is -2.02. The van der Waals surface area contributed by atoms with E-state index in [1.165, 1.54) is 6.07 Å². The summed E-state index contributed by atoms with van der Waals surface area (Å²) in [7, 11) is 0. The molecule has 0 radical (unpaired) electrons. The van der Waals surface area contributed by atoms with Gasteiger partial charge >= 0.3 is 0 Å². The highest BCUT2D eigenvalue weighted by atomic mass is 32.2. The van der Waals surface area contributed by atoms with E-state index < -0.39 is 0 Å². The fourth-order valence-electron chi connectivity index (χ4n) is 1.28. The van der Waals surface area contributed by atoms with E-state index in [4.69, 9.17) is 5.73 Å². The molecule has 0 bridgehead atoms. The lowest BCUT2D eigenvalue weighted by atomic mass is 10.1. The van der Waals surface area contributed by atoms with E-state index in [1.54, 1.807) is 12.1 Å². The predicted octanol–water partition coefficient (Wildman–Crippen LogP) is 3.32. The molecule has 3 heteroatoms. The molecule has 0 fully saturated rings. The summed E-state index contributed by atoms with van der Waals surface area (Å²) in [6, 6.07) is 4.85. The Hall–Kier alpha value is -0.540. The molecule has 0 aliphatic rings. The maximum absolute atomic E-state index is 13.0. The van der Waals surface area contributed by atoms with Crippen molar-refractivity contribution in [1.82, 2.24) is 0 Å².